The smallest absolute Gasteiger partial charge is 0.281 e. The highest BCUT2D eigenvalue weighted by atomic mass is 16.6. The number of nitrogens with zero attached hydrogens (tertiary/aromatic N) is 1. The third kappa shape index (κ3) is 2.47. The summed E-state index contributed by atoms with van der Waals surface area (Å²) in [7, 11) is 0. The van der Waals surface area contributed by atoms with E-state index in [0.29, 0.717) is 5.69 Å². The zero-order chi connectivity index (χ0) is 20.0. The molecule has 8 nitrogen and oxygen atoms in total. The molecule has 3 aromatic carbocycles. The molecule has 3 N–H and O–H groups in total. The van der Waals surface area contributed by atoms with Gasteiger partial charge in [0.2, 0.25) is 5.78 Å². The summed E-state index contributed by atoms with van der Waals surface area (Å²) < 4.78 is 0. The van der Waals surface area contributed by atoms with E-state index in [1.807, 2.05) is 0 Å². The van der Waals surface area contributed by atoms with E-state index in [1.165, 1.54) is 12.1 Å². The number of phenolic OH excluding ortho intramolecular Hbond substituents is 2. The lowest BCUT2D eigenvalue weighted by Crippen LogP contribution is -2.22. The van der Waals surface area contributed by atoms with Crippen LogP contribution in [-0.2, 0) is 0 Å². The van der Waals surface area contributed by atoms with E-state index in [1.54, 1.807) is 30.3 Å². The molecule has 0 aliphatic heterocycles. The lowest BCUT2D eigenvalue weighted by atomic mass is 9.82. The molecule has 1 aliphatic rings. The molecule has 1 aliphatic carbocycles. The summed E-state index contributed by atoms with van der Waals surface area (Å²) in [5.74, 6) is -2.76. The van der Waals surface area contributed by atoms with Gasteiger partial charge in [-0.25, -0.2) is 0 Å². The number of phenols is 2. The number of fused-ring (bicyclic) bond motifs is 2. The van der Waals surface area contributed by atoms with Crippen LogP contribution in [0.3, 0.4) is 0 Å². The summed E-state index contributed by atoms with van der Waals surface area (Å²) in [5.41, 5.74) is -1.42. The van der Waals surface area contributed by atoms with Gasteiger partial charge in [-0.1, -0.05) is 24.3 Å². The van der Waals surface area contributed by atoms with Gasteiger partial charge >= 0.3 is 0 Å². The van der Waals surface area contributed by atoms with Crippen LogP contribution in [0.25, 0.3) is 0 Å². The van der Waals surface area contributed by atoms with E-state index in [9.17, 15) is 29.9 Å². The van der Waals surface area contributed by atoms with Crippen LogP contribution in [0.2, 0.25) is 0 Å². The molecule has 3 aromatic rings. The molecule has 0 atom stereocenters. The highest BCUT2D eigenvalue weighted by molar-refractivity contribution is 6.32. The average molecular weight is 376 g/mol. The lowest BCUT2D eigenvalue weighted by molar-refractivity contribution is -0.385. The fraction of sp³-hybridized carbons (Fsp3) is 0. The van der Waals surface area contributed by atoms with Crippen molar-refractivity contribution in [3.8, 4) is 11.5 Å². The van der Waals surface area contributed by atoms with E-state index < -0.39 is 44.8 Å². The number of aromatic hydroxyl groups is 2. The van der Waals surface area contributed by atoms with Gasteiger partial charge in [0.15, 0.2) is 11.5 Å². The second kappa shape index (κ2) is 6.20. The molecule has 0 amide bonds. The number of para-hydroxylation sites is 1. The Morgan fingerprint density at radius 2 is 1.57 bits per heavy atom. The van der Waals surface area contributed by atoms with Crippen LogP contribution in [0, 0.1) is 10.1 Å². The molecule has 0 saturated carbocycles. The molecule has 0 fully saturated rings. The first kappa shape index (κ1) is 17.2. The van der Waals surface area contributed by atoms with Gasteiger partial charge in [0.25, 0.3) is 5.69 Å². The van der Waals surface area contributed by atoms with Gasteiger partial charge in [0, 0.05) is 23.4 Å². The molecule has 0 bridgehead atoms. The predicted octanol–water partition coefficient (Wildman–Crippen LogP) is 3.53. The molecular weight excluding hydrogens is 364 g/mol. The van der Waals surface area contributed by atoms with Crippen molar-refractivity contribution in [2.75, 3.05) is 5.32 Å². The molecular formula is C20H12N2O6. The number of carbonyl (C=O) groups excluding carboxylic acids is 2. The monoisotopic (exact) mass is 376 g/mol. The molecule has 28 heavy (non-hydrogen) atoms. The van der Waals surface area contributed by atoms with Crippen LogP contribution in [0.4, 0.5) is 17.1 Å². The van der Waals surface area contributed by atoms with Crippen LogP contribution < -0.4 is 5.32 Å². The average Bonchev–Trinajstić information content (AvgIpc) is 2.68. The van der Waals surface area contributed by atoms with Gasteiger partial charge in [-0.2, -0.15) is 0 Å². The molecule has 0 unspecified atom stereocenters. The Balaban J connectivity index is 1.94. The SMILES string of the molecule is O=C1c2cccc([N+](=O)[O-])c2C(=O)c2c(O)c(Nc3ccccc3)cc(O)c21. The van der Waals surface area contributed by atoms with Crippen LogP contribution >= 0.6 is 0 Å². The number of carbonyl (C=O) groups is 2. The highest BCUT2D eigenvalue weighted by Crippen LogP contribution is 2.44. The number of hydrogen-bond donors (Lipinski definition) is 3. The molecule has 8 heteroatoms. The zero-order valence-electron chi connectivity index (χ0n) is 14.2. The van der Waals surface area contributed by atoms with Crippen LogP contribution in [0.1, 0.15) is 31.8 Å². The van der Waals surface area contributed by atoms with Crippen molar-refractivity contribution in [1.82, 2.24) is 0 Å². The first-order chi connectivity index (χ1) is 13.4. The number of anilines is 2. The lowest BCUT2D eigenvalue weighted by Gasteiger charge is -2.21. The van der Waals surface area contributed by atoms with Crippen molar-refractivity contribution in [1.29, 1.82) is 0 Å². The number of rotatable bonds is 3. The summed E-state index contributed by atoms with van der Waals surface area (Å²) in [5, 5.41) is 35.2. The molecule has 4 rings (SSSR count). The van der Waals surface area contributed by atoms with E-state index in [-0.39, 0.29) is 16.8 Å². The van der Waals surface area contributed by atoms with Crippen molar-refractivity contribution in [3.05, 3.63) is 87.0 Å². The van der Waals surface area contributed by atoms with Gasteiger partial charge in [-0.15, -0.1) is 0 Å². The summed E-state index contributed by atoms with van der Waals surface area (Å²) >= 11 is 0. The first-order valence-corrected chi connectivity index (χ1v) is 8.18. The minimum absolute atomic E-state index is 0.00867. The Morgan fingerprint density at radius 3 is 2.25 bits per heavy atom. The van der Waals surface area contributed by atoms with Gasteiger partial charge in [0.1, 0.15) is 11.3 Å². The fourth-order valence-corrected chi connectivity index (χ4v) is 3.26. The minimum Gasteiger partial charge on any atom is -0.507 e. The van der Waals surface area contributed by atoms with Crippen molar-refractivity contribution in [2.24, 2.45) is 0 Å². The molecule has 0 saturated heterocycles. The molecule has 138 valence electrons. The summed E-state index contributed by atoms with van der Waals surface area (Å²) in [4.78, 5) is 36.4. The molecule has 0 radical (unpaired) electrons. The van der Waals surface area contributed by atoms with Crippen molar-refractivity contribution in [3.63, 3.8) is 0 Å². The van der Waals surface area contributed by atoms with Crippen molar-refractivity contribution in [2.45, 2.75) is 0 Å². The Hall–Kier alpha value is -4.20. The molecule has 0 spiro atoms. The van der Waals surface area contributed by atoms with Gasteiger partial charge < -0.3 is 15.5 Å². The van der Waals surface area contributed by atoms with E-state index >= 15 is 0 Å². The van der Waals surface area contributed by atoms with Crippen molar-refractivity contribution >= 4 is 28.6 Å². The first-order valence-electron chi connectivity index (χ1n) is 8.18. The summed E-state index contributed by atoms with van der Waals surface area (Å²) in [6, 6.07) is 13.5. The maximum Gasteiger partial charge on any atom is 0.281 e. The summed E-state index contributed by atoms with van der Waals surface area (Å²) in [6.45, 7) is 0. The number of nitro benzene ring substituents is 1. The minimum atomic E-state index is -0.901. The highest BCUT2D eigenvalue weighted by Gasteiger charge is 2.39. The van der Waals surface area contributed by atoms with Crippen LogP contribution in [-0.4, -0.2) is 26.7 Å². The van der Waals surface area contributed by atoms with E-state index in [4.69, 9.17) is 0 Å². The third-order valence-electron chi connectivity index (χ3n) is 4.50. The van der Waals surface area contributed by atoms with Crippen LogP contribution in [0.5, 0.6) is 11.5 Å². The normalized spacial score (nSPS) is 12.3. The largest absolute Gasteiger partial charge is 0.507 e. The Labute approximate surface area is 157 Å². The maximum atomic E-state index is 13.0. The maximum absolute atomic E-state index is 13.0. The quantitative estimate of drug-likeness (QED) is 0.216. The Bertz CT molecular complexity index is 1170. The second-order valence-corrected chi connectivity index (χ2v) is 6.15. The zero-order valence-corrected chi connectivity index (χ0v) is 14.2. The molecule has 0 aromatic heterocycles. The standard InChI is InChI=1S/C20H12N2O6/c23-14-9-12(21-10-5-2-1-3-6-10)19(25)17-16(14)18(24)11-7-4-8-13(22(27)28)15(11)20(17)26/h1-9,21,23,25H. The number of nitro groups is 1. The van der Waals surface area contributed by atoms with Gasteiger partial charge in [0.05, 0.1) is 21.7 Å². The number of nitrogens with one attached hydrogen (secondary N) is 1. The van der Waals surface area contributed by atoms with Gasteiger partial charge in [-0.3, -0.25) is 19.7 Å². The van der Waals surface area contributed by atoms with E-state index in [2.05, 4.69) is 5.32 Å². The van der Waals surface area contributed by atoms with Crippen LogP contribution in [0.15, 0.2) is 54.6 Å². The summed E-state index contributed by atoms with van der Waals surface area (Å²) in [6.07, 6.45) is 0. The van der Waals surface area contributed by atoms with E-state index in [0.717, 1.165) is 12.1 Å². The Kier molecular flexibility index (Phi) is 3.82. The van der Waals surface area contributed by atoms with Crippen molar-refractivity contribution < 1.29 is 24.7 Å². The number of hydrogen-bond acceptors (Lipinski definition) is 7. The number of benzene rings is 3. The topological polar surface area (TPSA) is 130 Å². The number of ketones is 2. The molecule has 0 heterocycles. The predicted molar refractivity (Wildman–Crippen MR) is 99.5 cm³/mol. The van der Waals surface area contributed by atoms with Gasteiger partial charge in [-0.05, 0) is 18.2 Å². The second-order valence-electron chi connectivity index (χ2n) is 6.15. The fourth-order valence-electron chi connectivity index (χ4n) is 3.26. The Morgan fingerprint density at radius 1 is 0.857 bits per heavy atom. The third-order valence-corrected chi connectivity index (χ3v) is 4.50.